The van der Waals surface area contributed by atoms with Crippen LogP contribution in [-0.2, 0) is 14.6 Å². The third-order valence-electron chi connectivity index (χ3n) is 5.22. The maximum atomic E-state index is 13.1. The van der Waals surface area contributed by atoms with Crippen LogP contribution in [0.3, 0.4) is 0 Å². The maximum absolute atomic E-state index is 13.1. The Hall–Kier alpha value is -2.92. The van der Waals surface area contributed by atoms with Gasteiger partial charge in [-0.05, 0) is 53.8 Å². The molecule has 3 aromatic rings. The van der Waals surface area contributed by atoms with Gasteiger partial charge in [0.05, 0.1) is 10.6 Å². The van der Waals surface area contributed by atoms with Crippen LogP contribution in [0.15, 0.2) is 40.7 Å². The minimum Gasteiger partial charge on any atom is -0.298 e. The summed E-state index contributed by atoms with van der Waals surface area (Å²) in [6, 6.07) is 4.88. The van der Waals surface area contributed by atoms with Crippen molar-refractivity contribution < 1.29 is 13.2 Å². The summed E-state index contributed by atoms with van der Waals surface area (Å²) < 4.78 is 26.6. The number of carbonyl (C=O) groups is 1. The van der Waals surface area contributed by atoms with Crippen LogP contribution in [0.5, 0.6) is 0 Å². The highest BCUT2D eigenvalue weighted by molar-refractivity contribution is 7.90. The molecular formula is C20H22N6O3S2. The fourth-order valence-electron chi connectivity index (χ4n) is 3.72. The van der Waals surface area contributed by atoms with Crippen LogP contribution in [0.1, 0.15) is 37.1 Å². The molecule has 1 aliphatic carbocycles. The van der Waals surface area contributed by atoms with Crippen LogP contribution >= 0.6 is 11.3 Å². The van der Waals surface area contributed by atoms with Crippen LogP contribution in [0.25, 0.3) is 11.3 Å². The van der Waals surface area contributed by atoms with Crippen LogP contribution < -0.4 is 5.32 Å². The molecule has 2 heterocycles. The van der Waals surface area contributed by atoms with Gasteiger partial charge in [-0.15, -0.1) is 16.4 Å². The minimum absolute atomic E-state index is 0.0553. The molecule has 162 valence electrons. The van der Waals surface area contributed by atoms with E-state index in [0.29, 0.717) is 27.8 Å². The Balaban J connectivity index is 1.80. The first kappa shape index (κ1) is 21.3. The number of hydrogen-bond donors (Lipinski definition) is 1. The molecule has 11 heteroatoms. The number of carbonyl (C=O) groups excluding carboxylic acids is 1. The standard InChI is InChI=1S/C20H22N6O3S2/c1-13-23-24-25-26(13)17-8-7-15(12-18(17)31(2,28)29)16(11-14-5-3-4-6-14)19(27)22-20-21-9-10-30-20/h7-12,14H,3-6H2,1-2H3,(H,21,22,27). The van der Waals surface area contributed by atoms with Gasteiger partial charge in [-0.25, -0.2) is 13.4 Å². The van der Waals surface area contributed by atoms with E-state index in [1.807, 2.05) is 6.08 Å². The molecule has 9 nitrogen and oxygen atoms in total. The molecule has 0 saturated heterocycles. The van der Waals surface area contributed by atoms with Crippen molar-refractivity contribution >= 4 is 37.8 Å². The zero-order valence-corrected chi connectivity index (χ0v) is 18.8. The highest BCUT2D eigenvalue weighted by Crippen LogP contribution is 2.32. The number of anilines is 1. The molecule has 0 unspecified atom stereocenters. The Morgan fingerprint density at radius 1 is 1.29 bits per heavy atom. The van der Waals surface area contributed by atoms with Crippen molar-refractivity contribution in [1.82, 2.24) is 25.2 Å². The molecule has 0 atom stereocenters. The number of benzene rings is 1. The second-order valence-electron chi connectivity index (χ2n) is 7.51. The quantitative estimate of drug-likeness (QED) is 0.564. The van der Waals surface area contributed by atoms with E-state index in [2.05, 4.69) is 25.8 Å². The summed E-state index contributed by atoms with van der Waals surface area (Å²) in [5.74, 6) is 0.425. The number of rotatable bonds is 6. The largest absolute Gasteiger partial charge is 0.298 e. The first-order valence-corrected chi connectivity index (χ1v) is 12.6. The van der Waals surface area contributed by atoms with Gasteiger partial charge in [0, 0.05) is 23.4 Å². The number of nitrogens with zero attached hydrogens (tertiary/aromatic N) is 5. The van der Waals surface area contributed by atoms with Gasteiger partial charge in [0.2, 0.25) is 0 Å². The lowest BCUT2D eigenvalue weighted by Gasteiger charge is -2.14. The van der Waals surface area contributed by atoms with Crippen molar-refractivity contribution in [2.75, 3.05) is 11.6 Å². The van der Waals surface area contributed by atoms with Crippen molar-refractivity contribution in [3.05, 3.63) is 47.2 Å². The van der Waals surface area contributed by atoms with Crippen LogP contribution in [0.4, 0.5) is 5.13 Å². The van der Waals surface area contributed by atoms with Crippen molar-refractivity contribution in [3.8, 4) is 5.69 Å². The van der Waals surface area contributed by atoms with Crippen molar-refractivity contribution in [2.45, 2.75) is 37.5 Å². The first-order chi connectivity index (χ1) is 14.8. The SMILES string of the molecule is Cc1nnnn1-c1ccc(C(=CC2CCCC2)C(=O)Nc2nccs2)cc1S(C)(=O)=O. The number of hydrogen-bond acceptors (Lipinski definition) is 8. The fourth-order valence-corrected chi connectivity index (χ4v) is 5.12. The smallest absolute Gasteiger partial charge is 0.257 e. The van der Waals surface area contributed by atoms with Gasteiger partial charge in [0.15, 0.2) is 20.8 Å². The molecule has 1 aliphatic rings. The lowest BCUT2D eigenvalue weighted by molar-refractivity contribution is -0.111. The van der Waals surface area contributed by atoms with E-state index in [0.717, 1.165) is 31.9 Å². The number of allylic oxidation sites excluding steroid dienone is 1. The molecule has 0 aliphatic heterocycles. The molecule has 4 rings (SSSR count). The molecule has 1 N–H and O–H groups in total. The third-order valence-corrected chi connectivity index (χ3v) is 7.04. The van der Waals surface area contributed by atoms with Gasteiger partial charge in [0.25, 0.3) is 5.91 Å². The van der Waals surface area contributed by atoms with E-state index >= 15 is 0 Å². The van der Waals surface area contributed by atoms with Gasteiger partial charge >= 0.3 is 0 Å². The molecule has 1 amide bonds. The Morgan fingerprint density at radius 3 is 2.68 bits per heavy atom. The molecule has 0 spiro atoms. The van der Waals surface area contributed by atoms with Gasteiger partial charge in [0.1, 0.15) is 0 Å². The second-order valence-corrected chi connectivity index (χ2v) is 10.4. The fraction of sp³-hybridized carbons (Fsp3) is 0.350. The van der Waals surface area contributed by atoms with Crippen LogP contribution in [0, 0.1) is 12.8 Å². The lowest BCUT2D eigenvalue weighted by atomic mass is 9.98. The summed E-state index contributed by atoms with van der Waals surface area (Å²) in [5.41, 5.74) is 1.30. The zero-order valence-electron chi connectivity index (χ0n) is 17.1. The molecule has 0 bridgehead atoms. The average molecular weight is 459 g/mol. The maximum Gasteiger partial charge on any atom is 0.257 e. The van der Waals surface area contributed by atoms with Crippen molar-refractivity contribution in [2.24, 2.45) is 5.92 Å². The van der Waals surface area contributed by atoms with E-state index in [9.17, 15) is 13.2 Å². The number of aromatic nitrogens is 5. The van der Waals surface area contributed by atoms with E-state index in [1.54, 1.807) is 30.6 Å². The molecule has 0 radical (unpaired) electrons. The highest BCUT2D eigenvalue weighted by atomic mass is 32.2. The lowest BCUT2D eigenvalue weighted by Crippen LogP contribution is -2.15. The van der Waals surface area contributed by atoms with Crippen LogP contribution in [0.2, 0.25) is 0 Å². The first-order valence-electron chi connectivity index (χ1n) is 9.85. The highest BCUT2D eigenvalue weighted by Gasteiger charge is 2.23. The zero-order chi connectivity index (χ0) is 22.0. The summed E-state index contributed by atoms with van der Waals surface area (Å²) in [5, 5.41) is 16.4. The van der Waals surface area contributed by atoms with E-state index < -0.39 is 9.84 Å². The van der Waals surface area contributed by atoms with Crippen molar-refractivity contribution in [1.29, 1.82) is 0 Å². The molecule has 31 heavy (non-hydrogen) atoms. The second kappa shape index (κ2) is 8.67. The average Bonchev–Trinajstić information content (AvgIpc) is 3.48. The summed E-state index contributed by atoms with van der Waals surface area (Å²) in [6.45, 7) is 1.69. The van der Waals surface area contributed by atoms with Crippen LogP contribution in [-0.4, -0.2) is 45.8 Å². The van der Waals surface area contributed by atoms with Gasteiger partial charge < -0.3 is 0 Å². The molecule has 1 fully saturated rings. The predicted octanol–water partition coefficient (Wildman–Crippen LogP) is 3.04. The Kier molecular flexibility index (Phi) is 5.96. The Morgan fingerprint density at radius 2 is 2.06 bits per heavy atom. The number of nitrogens with one attached hydrogen (secondary N) is 1. The molecule has 2 aromatic heterocycles. The van der Waals surface area contributed by atoms with Gasteiger partial charge in [-0.3, -0.25) is 10.1 Å². The number of amides is 1. The molecule has 1 saturated carbocycles. The number of sulfone groups is 1. The van der Waals surface area contributed by atoms with Gasteiger partial charge in [-0.2, -0.15) is 4.68 Å². The topological polar surface area (TPSA) is 120 Å². The summed E-state index contributed by atoms with van der Waals surface area (Å²) in [4.78, 5) is 17.3. The normalized spacial score (nSPS) is 15.4. The summed E-state index contributed by atoms with van der Waals surface area (Å²) >= 11 is 1.32. The summed E-state index contributed by atoms with van der Waals surface area (Å²) in [6.07, 6.45) is 8.96. The molecule has 1 aromatic carbocycles. The third kappa shape index (κ3) is 4.72. The van der Waals surface area contributed by atoms with E-state index in [4.69, 9.17) is 0 Å². The number of thiazole rings is 1. The number of tetrazole rings is 1. The van der Waals surface area contributed by atoms with E-state index in [1.165, 1.54) is 22.1 Å². The number of aryl methyl sites for hydroxylation is 1. The van der Waals surface area contributed by atoms with Gasteiger partial charge in [-0.1, -0.05) is 25.0 Å². The summed E-state index contributed by atoms with van der Waals surface area (Å²) in [7, 11) is -3.62. The van der Waals surface area contributed by atoms with Crippen molar-refractivity contribution in [3.63, 3.8) is 0 Å². The van der Waals surface area contributed by atoms with E-state index in [-0.39, 0.29) is 16.7 Å². The Bertz CT molecular complexity index is 1230. The molecular weight excluding hydrogens is 436 g/mol. The Labute approximate surface area is 184 Å². The monoisotopic (exact) mass is 458 g/mol. The minimum atomic E-state index is -3.62. The predicted molar refractivity (Wildman–Crippen MR) is 118 cm³/mol.